The predicted octanol–water partition coefficient (Wildman–Crippen LogP) is 4.13. The van der Waals surface area contributed by atoms with Gasteiger partial charge in [0.15, 0.2) is 0 Å². The van der Waals surface area contributed by atoms with E-state index in [1.807, 2.05) is 49.4 Å². The van der Waals surface area contributed by atoms with Gasteiger partial charge in [0.2, 0.25) is 0 Å². The molecule has 0 aliphatic heterocycles. The molecule has 0 bridgehead atoms. The Kier molecular flexibility index (Phi) is 4.62. The second kappa shape index (κ2) is 6.63. The van der Waals surface area contributed by atoms with Crippen LogP contribution in [0.4, 0.5) is 5.69 Å². The summed E-state index contributed by atoms with van der Waals surface area (Å²) in [6.45, 7) is 4.73. The van der Waals surface area contributed by atoms with Crippen molar-refractivity contribution in [3.05, 3.63) is 59.7 Å². The van der Waals surface area contributed by atoms with Crippen molar-refractivity contribution in [2.24, 2.45) is 0 Å². The Labute approximate surface area is 119 Å². The molecule has 0 heterocycles. The predicted molar refractivity (Wildman–Crippen MR) is 80.8 cm³/mol. The fourth-order valence-corrected chi connectivity index (χ4v) is 2.09. The lowest BCUT2D eigenvalue weighted by Crippen LogP contribution is -2.08. The summed E-state index contributed by atoms with van der Waals surface area (Å²) in [5.74, 6) is 0.906. The van der Waals surface area contributed by atoms with Crippen LogP contribution in [-0.4, -0.2) is 6.61 Å². The molecule has 1 unspecified atom stereocenters. The van der Waals surface area contributed by atoms with Crippen LogP contribution in [0.15, 0.2) is 48.5 Å². The number of hydrogen-bond donors (Lipinski definition) is 1. The van der Waals surface area contributed by atoms with Crippen molar-refractivity contribution in [1.82, 2.24) is 0 Å². The van der Waals surface area contributed by atoms with Crippen molar-refractivity contribution in [1.29, 1.82) is 5.26 Å². The smallest absolute Gasteiger partial charge is 0.124 e. The van der Waals surface area contributed by atoms with Gasteiger partial charge in [0.1, 0.15) is 5.75 Å². The number of nitrogens with zero attached hydrogens (tertiary/aromatic N) is 1. The van der Waals surface area contributed by atoms with Crippen LogP contribution in [0.3, 0.4) is 0 Å². The van der Waals surface area contributed by atoms with Crippen LogP contribution in [0, 0.1) is 11.3 Å². The summed E-state index contributed by atoms with van der Waals surface area (Å²) in [6, 6.07) is 17.7. The lowest BCUT2D eigenvalue weighted by atomic mass is 10.1. The normalized spacial score (nSPS) is 11.4. The molecule has 20 heavy (non-hydrogen) atoms. The van der Waals surface area contributed by atoms with Crippen LogP contribution in [0.25, 0.3) is 0 Å². The highest BCUT2D eigenvalue weighted by Crippen LogP contribution is 2.27. The number of hydrogen-bond acceptors (Lipinski definition) is 3. The van der Waals surface area contributed by atoms with E-state index in [0.717, 1.165) is 17.0 Å². The molecule has 3 heteroatoms. The molecule has 0 aliphatic rings. The lowest BCUT2D eigenvalue weighted by Gasteiger charge is -2.19. The van der Waals surface area contributed by atoms with Gasteiger partial charge < -0.3 is 10.1 Å². The Bertz CT molecular complexity index is 599. The maximum atomic E-state index is 8.80. The summed E-state index contributed by atoms with van der Waals surface area (Å²) in [5.41, 5.74) is 2.78. The summed E-state index contributed by atoms with van der Waals surface area (Å²) in [5, 5.41) is 12.2. The quantitative estimate of drug-likeness (QED) is 0.885. The molecule has 2 rings (SSSR count). The topological polar surface area (TPSA) is 45.0 Å². The van der Waals surface area contributed by atoms with Crippen molar-refractivity contribution in [3.8, 4) is 11.8 Å². The van der Waals surface area contributed by atoms with Gasteiger partial charge in [0, 0.05) is 11.3 Å². The van der Waals surface area contributed by atoms with Crippen molar-refractivity contribution < 1.29 is 4.74 Å². The van der Waals surface area contributed by atoms with E-state index in [2.05, 4.69) is 24.4 Å². The van der Waals surface area contributed by atoms with E-state index in [1.165, 1.54) is 0 Å². The number of nitrogens with one attached hydrogen (secondary N) is 1. The summed E-state index contributed by atoms with van der Waals surface area (Å²) < 4.78 is 5.65. The van der Waals surface area contributed by atoms with Crippen LogP contribution in [0.2, 0.25) is 0 Å². The summed E-state index contributed by atoms with van der Waals surface area (Å²) >= 11 is 0. The second-order valence-corrected chi connectivity index (χ2v) is 4.53. The molecule has 1 atom stereocenters. The van der Waals surface area contributed by atoms with Gasteiger partial charge in [0.25, 0.3) is 0 Å². The van der Waals surface area contributed by atoms with E-state index in [4.69, 9.17) is 10.00 Å². The molecule has 0 saturated heterocycles. The zero-order valence-corrected chi connectivity index (χ0v) is 11.8. The summed E-state index contributed by atoms with van der Waals surface area (Å²) in [6.07, 6.45) is 0. The van der Waals surface area contributed by atoms with E-state index in [-0.39, 0.29) is 6.04 Å². The zero-order chi connectivity index (χ0) is 14.4. The van der Waals surface area contributed by atoms with Gasteiger partial charge in [-0.1, -0.05) is 18.2 Å². The standard InChI is InChI=1S/C17H18N2O/c1-3-20-17-7-5-4-6-16(17)13(2)19-15-10-8-14(12-18)9-11-15/h4-11,13,19H,3H2,1-2H3. The van der Waals surface area contributed by atoms with E-state index in [0.29, 0.717) is 12.2 Å². The fraction of sp³-hybridized carbons (Fsp3) is 0.235. The van der Waals surface area contributed by atoms with Crippen LogP contribution in [-0.2, 0) is 0 Å². The summed E-state index contributed by atoms with van der Waals surface area (Å²) in [4.78, 5) is 0. The molecule has 0 amide bonds. The first-order valence-corrected chi connectivity index (χ1v) is 6.73. The molecule has 0 spiro atoms. The Morgan fingerprint density at radius 1 is 1.15 bits per heavy atom. The van der Waals surface area contributed by atoms with Crippen molar-refractivity contribution in [2.75, 3.05) is 11.9 Å². The van der Waals surface area contributed by atoms with Gasteiger partial charge in [-0.15, -0.1) is 0 Å². The van der Waals surface area contributed by atoms with E-state index in [1.54, 1.807) is 0 Å². The molecule has 0 radical (unpaired) electrons. The molecular formula is C17H18N2O. The van der Waals surface area contributed by atoms with Gasteiger partial charge in [-0.25, -0.2) is 0 Å². The van der Waals surface area contributed by atoms with Crippen LogP contribution in [0.1, 0.15) is 31.0 Å². The average Bonchev–Trinajstić information content (AvgIpc) is 2.49. The third-order valence-corrected chi connectivity index (χ3v) is 3.08. The Balaban J connectivity index is 2.15. The van der Waals surface area contributed by atoms with Gasteiger partial charge >= 0.3 is 0 Å². The van der Waals surface area contributed by atoms with Crippen molar-refractivity contribution >= 4 is 5.69 Å². The molecule has 1 N–H and O–H groups in total. The molecule has 0 fully saturated rings. The molecule has 2 aromatic rings. The number of para-hydroxylation sites is 1. The molecule has 3 nitrogen and oxygen atoms in total. The lowest BCUT2D eigenvalue weighted by molar-refractivity contribution is 0.335. The van der Waals surface area contributed by atoms with Gasteiger partial charge in [-0.2, -0.15) is 5.26 Å². The maximum absolute atomic E-state index is 8.80. The van der Waals surface area contributed by atoms with Crippen molar-refractivity contribution in [2.45, 2.75) is 19.9 Å². The van der Waals surface area contributed by atoms with Crippen LogP contribution < -0.4 is 10.1 Å². The third kappa shape index (κ3) is 3.30. The Morgan fingerprint density at radius 2 is 1.85 bits per heavy atom. The Morgan fingerprint density at radius 3 is 2.50 bits per heavy atom. The first-order valence-electron chi connectivity index (χ1n) is 6.73. The maximum Gasteiger partial charge on any atom is 0.124 e. The zero-order valence-electron chi connectivity index (χ0n) is 11.8. The highest BCUT2D eigenvalue weighted by molar-refractivity contribution is 5.50. The number of benzene rings is 2. The number of rotatable bonds is 5. The minimum atomic E-state index is 0.130. The molecule has 2 aromatic carbocycles. The third-order valence-electron chi connectivity index (χ3n) is 3.08. The molecule has 102 valence electrons. The van der Waals surface area contributed by atoms with E-state index >= 15 is 0 Å². The van der Waals surface area contributed by atoms with E-state index < -0.39 is 0 Å². The number of anilines is 1. The SMILES string of the molecule is CCOc1ccccc1C(C)Nc1ccc(C#N)cc1. The monoisotopic (exact) mass is 266 g/mol. The second-order valence-electron chi connectivity index (χ2n) is 4.53. The van der Waals surface area contributed by atoms with Gasteiger partial charge in [-0.05, 0) is 44.2 Å². The highest BCUT2D eigenvalue weighted by atomic mass is 16.5. The number of ether oxygens (including phenoxy) is 1. The largest absolute Gasteiger partial charge is 0.494 e. The van der Waals surface area contributed by atoms with Gasteiger partial charge in [0.05, 0.1) is 24.3 Å². The average molecular weight is 266 g/mol. The Hall–Kier alpha value is -2.47. The first kappa shape index (κ1) is 14.0. The summed E-state index contributed by atoms with van der Waals surface area (Å²) in [7, 11) is 0. The molecule has 0 aliphatic carbocycles. The van der Waals surface area contributed by atoms with Crippen molar-refractivity contribution in [3.63, 3.8) is 0 Å². The van der Waals surface area contributed by atoms with E-state index in [9.17, 15) is 0 Å². The minimum absolute atomic E-state index is 0.130. The minimum Gasteiger partial charge on any atom is -0.494 e. The highest BCUT2D eigenvalue weighted by Gasteiger charge is 2.10. The number of nitriles is 1. The molecule has 0 aromatic heterocycles. The fourth-order valence-electron chi connectivity index (χ4n) is 2.09. The van der Waals surface area contributed by atoms with Crippen LogP contribution >= 0.6 is 0 Å². The molecule has 0 saturated carbocycles. The van der Waals surface area contributed by atoms with Gasteiger partial charge in [-0.3, -0.25) is 0 Å². The first-order chi connectivity index (χ1) is 9.74. The van der Waals surface area contributed by atoms with Crippen LogP contribution in [0.5, 0.6) is 5.75 Å². The molecular weight excluding hydrogens is 248 g/mol.